The quantitative estimate of drug-likeness (QED) is 0.339. The van der Waals surface area contributed by atoms with Crippen molar-refractivity contribution in [1.29, 1.82) is 0 Å². The van der Waals surface area contributed by atoms with E-state index in [1.54, 1.807) is 50.0 Å². The van der Waals surface area contributed by atoms with Crippen molar-refractivity contribution in [3.8, 4) is 22.4 Å². The molecule has 1 N–H and O–H groups in total. The monoisotopic (exact) mass is 486 g/mol. The van der Waals surface area contributed by atoms with Gasteiger partial charge in [0.1, 0.15) is 17.0 Å². The van der Waals surface area contributed by atoms with Crippen LogP contribution in [0.5, 0.6) is 0 Å². The molecule has 0 aliphatic carbocycles. The molecule has 0 unspecified atom stereocenters. The maximum Gasteiger partial charge on any atom is 0.419 e. The van der Waals surface area contributed by atoms with Crippen LogP contribution in [0.4, 0.5) is 15.4 Å². The van der Waals surface area contributed by atoms with E-state index in [1.165, 1.54) is 0 Å². The molecule has 0 saturated heterocycles. The second kappa shape index (κ2) is 9.45. The molecule has 4 aromatic rings. The van der Waals surface area contributed by atoms with Crippen LogP contribution < -0.4 is 5.32 Å². The smallest absolute Gasteiger partial charge is 0.419 e. The highest BCUT2D eigenvalue weighted by atomic mass is 16.6. The number of anilines is 1. The first-order valence-corrected chi connectivity index (χ1v) is 11.7. The summed E-state index contributed by atoms with van der Waals surface area (Å²) in [7, 11) is 0. The number of rotatable bonds is 3. The van der Waals surface area contributed by atoms with E-state index in [4.69, 9.17) is 9.47 Å². The van der Waals surface area contributed by atoms with Crippen LogP contribution in [-0.2, 0) is 9.47 Å². The zero-order valence-corrected chi connectivity index (χ0v) is 21.3. The van der Waals surface area contributed by atoms with E-state index < -0.39 is 23.4 Å². The minimum atomic E-state index is -0.630. The van der Waals surface area contributed by atoms with Crippen molar-refractivity contribution in [1.82, 2.24) is 14.5 Å². The lowest BCUT2D eigenvalue weighted by atomic mass is 10.0. The molecule has 0 aliphatic heterocycles. The average Bonchev–Trinajstić information content (AvgIpc) is 3.17. The van der Waals surface area contributed by atoms with Crippen LogP contribution in [-0.4, -0.2) is 37.9 Å². The molecular weight excluding hydrogens is 456 g/mol. The standard InChI is InChI=1S/C28H30N4O4/c1-27(2,3)35-25(33)31-24-12-11-21(16-30-24)18-7-9-19(10-8-18)22-15-20-13-14-29-17-23(20)32(22)26(34)36-28(4,5)6/h7-17H,1-6H3,(H,30,31,33). The van der Waals surface area contributed by atoms with Gasteiger partial charge in [-0.25, -0.2) is 19.1 Å². The van der Waals surface area contributed by atoms with Gasteiger partial charge < -0.3 is 9.47 Å². The van der Waals surface area contributed by atoms with Crippen LogP contribution in [0.1, 0.15) is 41.5 Å². The number of fused-ring (bicyclic) bond motifs is 1. The van der Waals surface area contributed by atoms with Crippen molar-refractivity contribution in [2.45, 2.75) is 52.7 Å². The molecule has 0 bridgehead atoms. The molecule has 4 rings (SSSR count). The highest BCUT2D eigenvalue weighted by molar-refractivity contribution is 5.96. The Morgan fingerprint density at radius 2 is 1.44 bits per heavy atom. The molecule has 8 heteroatoms. The number of carbonyl (C=O) groups is 2. The van der Waals surface area contributed by atoms with E-state index in [0.717, 1.165) is 22.1 Å². The third-order valence-corrected chi connectivity index (χ3v) is 5.09. The summed E-state index contributed by atoms with van der Waals surface area (Å²) in [6.07, 6.45) is 4.04. The lowest BCUT2D eigenvalue weighted by Gasteiger charge is -2.21. The summed E-state index contributed by atoms with van der Waals surface area (Å²) in [5.74, 6) is 0.403. The van der Waals surface area contributed by atoms with Crippen molar-refractivity contribution in [3.05, 3.63) is 67.1 Å². The lowest BCUT2D eigenvalue weighted by Crippen LogP contribution is -2.27. The molecule has 1 amide bonds. The number of hydrogen-bond donors (Lipinski definition) is 1. The third kappa shape index (κ3) is 5.89. The summed E-state index contributed by atoms with van der Waals surface area (Å²) in [5, 5.41) is 3.52. The first kappa shape index (κ1) is 24.9. The predicted molar refractivity (Wildman–Crippen MR) is 140 cm³/mol. The summed E-state index contributed by atoms with van der Waals surface area (Å²) in [6.45, 7) is 10.9. The maximum absolute atomic E-state index is 13.1. The van der Waals surface area contributed by atoms with Crippen LogP contribution >= 0.6 is 0 Å². The van der Waals surface area contributed by atoms with Crippen molar-refractivity contribution in [2.24, 2.45) is 0 Å². The first-order chi connectivity index (χ1) is 16.9. The summed E-state index contributed by atoms with van der Waals surface area (Å²) in [6, 6.07) is 15.2. The van der Waals surface area contributed by atoms with Crippen LogP contribution in [0.25, 0.3) is 33.3 Å². The molecule has 0 spiro atoms. The summed E-state index contributed by atoms with van der Waals surface area (Å²) in [4.78, 5) is 33.5. The van der Waals surface area contributed by atoms with Gasteiger partial charge in [-0.1, -0.05) is 24.3 Å². The molecule has 0 fully saturated rings. The van der Waals surface area contributed by atoms with Gasteiger partial charge in [-0.05, 0) is 76.9 Å². The average molecular weight is 487 g/mol. The molecule has 3 aromatic heterocycles. The second-order valence-corrected chi connectivity index (χ2v) is 10.4. The van der Waals surface area contributed by atoms with E-state index in [2.05, 4.69) is 15.3 Å². The minimum absolute atomic E-state index is 0.403. The Balaban J connectivity index is 1.59. The van der Waals surface area contributed by atoms with Gasteiger partial charge in [-0.15, -0.1) is 0 Å². The van der Waals surface area contributed by atoms with E-state index in [0.29, 0.717) is 17.0 Å². The van der Waals surface area contributed by atoms with Crippen LogP contribution in [0.2, 0.25) is 0 Å². The van der Waals surface area contributed by atoms with E-state index in [1.807, 2.05) is 63.2 Å². The van der Waals surface area contributed by atoms with Gasteiger partial charge in [0.05, 0.1) is 17.4 Å². The van der Waals surface area contributed by atoms with Gasteiger partial charge in [0.2, 0.25) is 0 Å². The van der Waals surface area contributed by atoms with Gasteiger partial charge in [-0.2, -0.15) is 0 Å². The van der Waals surface area contributed by atoms with Gasteiger partial charge >= 0.3 is 12.2 Å². The van der Waals surface area contributed by atoms with Crippen molar-refractivity contribution >= 4 is 28.9 Å². The number of carbonyl (C=O) groups excluding carboxylic acids is 2. The molecule has 0 atom stereocenters. The number of nitrogens with one attached hydrogen (secondary N) is 1. The lowest BCUT2D eigenvalue weighted by molar-refractivity contribution is 0.0545. The molecule has 0 radical (unpaired) electrons. The predicted octanol–water partition coefficient (Wildman–Crippen LogP) is 6.90. The number of benzene rings is 1. The zero-order chi connectivity index (χ0) is 26.1. The van der Waals surface area contributed by atoms with Crippen molar-refractivity contribution < 1.29 is 19.1 Å². The Bertz CT molecular complexity index is 1390. The number of ether oxygens (including phenoxy) is 2. The van der Waals surface area contributed by atoms with Crippen LogP contribution in [0, 0.1) is 0 Å². The number of pyridine rings is 2. The van der Waals surface area contributed by atoms with E-state index in [9.17, 15) is 9.59 Å². The van der Waals surface area contributed by atoms with E-state index in [-0.39, 0.29) is 0 Å². The Hall–Kier alpha value is -4.20. The molecule has 186 valence electrons. The van der Waals surface area contributed by atoms with E-state index >= 15 is 0 Å². The zero-order valence-electron chi connectivity index (χ0n) is 21.3. The minimum Gasteiger partial charge on any atom is -0.444 e. The van der Waals surface area contributed by atoms with Crippen LogP contribution in [0.3, 0.4) is 0 Å². The largest absolute Gasteiger partial charge is 0.444 e. The second-order valence-electron chi connectivity index (χ2n) is 10.4. The molecule has 0 saturated carbocycles. The van der Waals surface area contributed by atoms with Crippen molar-refractivity contribution in [2.75, 3.05) is 5.32 Å². The first-order valence-electron chi connectivity index (χ1n) is 11.7. The summed E-state index contributed by atoms with van der Waals surface area (Å²) < 4.78 is 12.5. The number of amides is 1. The molecule has 0 aliphatic rings. The van der Waals surface area contributed by atoms with Crippen molar-refractivity contribution in [3.63, 3.8) is 0 Å². The van der Waals surface area contributed by atoms with Gasteiger partial charge in [0.15, 0.2) is 0 Å². The topological polar surface area (TPSA) is 95.3 Å². The molecular formula is C28H30N4O4. The van der Waals surface area contributed by atoms with Crippen LogP contribution in [0.15, 0.2) is 67.1 Å². The highest BCUT2D eigenvalue weighted by Crippen LogP contribution is 2.31. The Labute approximate surface area is 210 Å². The molecule has 3 heterocycles. The summed E-state index contributed by atoms with van der Waals surface area (Å²) in [5.41, 5.74) is 2.87. The molecule has 1 aromatic carbocycles. The Kier molecular flexibility index (Phi) is 6.54. The molecule has 36 heavy (non-hydrogen) atoms. The number of nitrogens with zero attached hydrogens (tertiary/aromatic N) is 3. The highest BCUT2D eigenvalue weighted by Gasteiger charge is 2.23. The van der Waals surface area contributed by atoms with Gasteiger partial charge in [-0.3, -0.25) is 10.3 Å². The fourth-order valence-corrected chi connectivity index (χ4v) is 3.64. The maximum atomic E-state index is 13.1. The molecule has 8 nitrogen and oxygen atoms in total. The van der Waals surface area contributed by atoms with Gasteiger partial charge in [0, 0.05) is 23.3 Å². The van der Waals surface area contributed by atoms with Gasteiger partial charge in [0.25, 0.3) is 0 Å². The Morgan fingerprint density at radius 3 is 2.06 bits per heavy atom. The number of aromatic nitrogens is 3. The number of hydrogen-bond acceptors (Lipinski definition) is 6. The third-order valence-electron chi connectivity index (χ3n) is 5.09. The fourth-order valence-electron chi connectivity index (χ4n) is 3.64. The SMILES string of the molecule is CC(C)(C)OC(=O)Nc1ccc(-c2ccc(-c3cc4ccncc4n3C(=O)OC(C)(C)C)cc2)cn1. The normalized spacial score (nSPS) is 11.8. The summed E-state index contributed by atoms with van der Waals surface area (Å²) >= 11 is 0. The Morgan fingerprint density at radius 1 is 0.806 bits per heavy atom. The fraction of sp³-hybridized carbons (Fsp3) is 0.286.